The molecule has 0 amide bonds. The fourth-order valence-electron chi connectivity index (χ4n) is 3.49. The third kappa shape index (κ3) is 3.00. The summed E-state index contributed by atoms with van der Waals surface area (Å²) in [5.74, 6) is 0.192. The number of hydrogen-bond acceptors (Lipinski definition) is 4. The van der Waals surface area contributed by atoms with Crippen LogP contribution in [0.25, 0.3) is 11.3 Å². The van der Waals surface area contributed by atoms with Gasteiger partial charge in [-0.3, -0.25) is 0 Å². The van der Waals surface area contributed by atoms with E-state index in [4.69, 9.17) is 4.74 Å². The van der Waals surface area contributed by atoms with Gasteiger partial charge in [-0.25, -0.2) is 13.8 Å². The van der Waals surface area contributed by atoms with Gasteiger partial charge in [-0.1, -0.05) is 0 Å². The van der Waals surface area contributed by atoms with Gasteiger partial charge in [-0.05, 0) is 38.1 Å². The first-order valence-corrected chi connectivity index (χ1v) is 8.41. The number of halogens is 2. The molecule has 0 radical (unpaired) electrons. The second kappa shape index (κ2) is 5.75. The summed E-state index contributed by atoms with van der Waals surface area (Å²) in [4.78, 5) is 4.30. The summed E-state index contributed by atoms with van der Waals surface area (Å²) in [6.45, 7) is 4.86. The van der Waals surface area contributed by atoms with E-state index in [2.05, 4.69) is 10.3 Å². The van der Waals surface area contributed by atoms with Crippen molar-refractivity contribution in [3.8, 4) is 17.1 Å². The highest BCUT2D eigenvalue weighted by Crippen LogP contribution is 2.45. The Morgan fingerprint density at radius 1 is 1.16 bits per heavy atom. The van der Waals surface area contributed by atoms with Gasteiger partial charge < -0.3 is 15.2 Å². The molecule has 1 saturated heterocycles. The van der Waals surface area contributed by atoms with Crippen molar-refractivity contribution in [3.63, 3.8) is 0 Å². The molecule has 1 aromatic carbocycles. The second-order valence-corrected chi connectivity index (χ2v) is 7.30. The largest absolute Gasteiger partial charge is 0.474 e. The third-order valence-electron chi connectivity index (χ3n) is 4.98. The highest BCUT2D eigenvalue weighted by atomic mass is 19.1. The molecule has 4 rings (SSSR count). The Labute approximate surface area is 144 Å². The lowest BCUT2D eigenvalue weighted by Crippen LogP contribution is -2.22. The highest BCUT2D eigenvalue weighted by molar-refractivity contribution is 5.62. The fourth-order valence-corrected chi connectivity index (χ4v) is 3.49. The number of piperidine rings is 1. The van der Waals surface area contributed by atoms with E-state index in [0.29, 0.717) is 17.4 Å². The molecule has 6 heteroatoms. The molecule has 1 aliphatic heterocycles. The molecule has 25 heavy (non-hydrogen) atoms. The van der Waals surface area contributed by atoms with Crippen molar-refractivity contribution >= 4 is 0 Å². The van der Waals surface area contributed by atoms with Crippen molar-refractivity contribution in [1.29, 1.82) is 0 Å². The Morgan fingerprint density at radius 3 is 2.40 bits per heavy atom. The van der Waals surface area contributed by atoms with Gasteiger partial charge in [0.1, 0.15) is 17.6 Å². The van der Waals surface area contributed by atoms with Gasteiger partial charge >= 0.3 is 0 Å². The predicted molar refractivity (Wildman–Crippen MR) is 89.1 cm³/mol. The number of benzene rings is 1. The highest BCUT2D eigenvalue weighted by Gasteiger charge is 2.55. The Hall–Kier alpha value is -2.05. The molecule has 1 saturated carbocycles. The van der Waals surface area contributed by atoms with Crippen molar-refractivity contribution in [2.75, 3.05) is 13.1 Å². The monoisotopic (exact) mass is 346 g/mol. The maximum absolute atomic E-state index is 14.9. The Morgan fingerprint density at radius 2 is 1.80 bits per heavy atom. The number of hydrogen-bond donors (Lipinski definition) is 2. The molecule has 1 unspecified atom stereocenters. The predicted octanol–water partition coefficient (Wildman–Crippen LogP) is 2.85. The Balaban J connectivity index is 1.74. The van der Waals surface area contributed by atoms with Gasteiger partial charge in [0.15, 0.2) is 5.82 Å². The number of aromatic nitrogens is 1. The molecule has 2 aromatic rings. The van der Waals surface area contributed by atoms with Crippen LogP contribution >= 0.6 is 0 Å². The van der Waals surface area contributed by atoms with Crippen molar-refractivity contribution in [1.82, 2.24) is 10.3 Å². The first-order valence-electron chi connectivity index (χ1n) is 8.41. The summed E-state index contributed by atoms with van der Waals surface area (Å²) >= 11 is 0. The normalized spacial score (nSPS) is 24.9. The van der Waals surface area contributed by atoms with E-state index in [9.17, 15) is 13.9 Å². The van der Waals surface area contributed by atoms with Crippen molar-refractivity contribution in [2.45, 2.75) is 25.6 Å². The van der Waals surface area contributed by atoms with Crippen LogP contribution in [0.1, 0.15) is 19.4 Å². The summed E-state index contributed by atoms with van der Waals surface area (Å²) in [7, 11) is 0. The molecule has 0 bridgehead atoms. The molecule has 2 aliphatic rings. The maximum Gasteiger partial charge on any atom is 0.214 e. The molecule has 4 nitrogen and oxygen atoms in total. The molecule has 2 N–H and O–H groups in total. The average Bonchev–Trinajstić information content (AvgIpc) is 2.98. The number of nitrogens with one attached hydrogen (secondary N) is 1. The SMILES string of the molecule is CC(C)(O)c1cc(OC2[C@H]3CNC[C@@H]23)nc(-c2ccc(F)cc2)c1F. The molecular weight excluding hydrogens is 326 g/mol. The number of nitrogens with zero attached hydrogens (tertiary/aromatic N) is 1. The molecule has 0 spiro atoms. The van der Waals surface area contributed by atoms with Gasteiger partial charge in [0.05, 0.1) is 5.60 Å². The lowest BCUT2D eigenvalue weighted by molar-refractivity contribution is 0.0739. The lowest BCUT2D eigenvalue weighted by atomic mass is 9.96. The van der Waals surface area contributed by atoms with Gasteiger partial charge in [0.2, 0.25) is 5.88 Å². The minimum Gasteiger partial charge on any atom is -0.474 e. The van der Waals surface area contributed by atoms with Crippen LogP contribution in [0.4, 0.5) is 8.78 Å². The molecule has 2 heterocycles. The summed E-state index contributed by atoms with van der Waals surface area (Å²) in [6.07, 6.45) is 0.0786. The van der Waals surface area contributed by atoms with E-state index >= 15 is 0 Å². The van der Waals surface area contributed by atoms with E-state index in [1.807, 2.05) is 0 Å². The van der Waals surface area contributed by atoms with Crippen LogP contribution in [0, 0.1) is 23.5 Å². The molecule has 132 valence electrons. The Kier molecular flexibility index (Phi) is 3.77. The van der Waals surface area contributed by atoms with Crippen LogP contribution in [0.3, 0.4) is 0 Å². The lowest BCUT2D eigenvalue weighted by Gasteiger charge is -2.21. The van der Waals surface area contributed by atoms with Crippen molar-refractivity contribution < 1.29 is 18.6 Å². The molecule has 2 fully saturated rings. The number of aliphatic hydroxyl groups is 1. The fraction of sp³-hybridized carbons (Fsp3) is 0.421. The van der Waals surface area contributed by atoms with E-state index in [0.717, 1.165) is 13.1 Å². The molecule has 3 atom stereocenters. The zero-order valence-corrected chi connectivity index (χ0v) is 14.1. The second-order valence-electron chi connectivity index (χ2n) is 7.30. The number of ether oxygens (including phenoxy) is 1. The minimum atomic E-state index is -1.39. The Bertz CT molecular complexity index is 792. The van der Waals surface area contributed by atoms with Gasteiger partial charge in [0, 0.05) is 42.1 Å². The van der Waals surface area contributed by atoms with Gasteiger partial charge in [0.25, 0.3) is 0 Å². The van der Waals surface area contributed by atoms with E-state index in [1.54, 1.807) is 0 Å². The smallest absolute Gasteiger partial charge is 0.214 e. The molecule has 1 aromatic heterocycles. The van der Waals surface area contributed by atoms with Crippen LogP contribution < -0.4 is 10.1 Å². The van der Waals surface area contributed by atoms with Crippen LogP contribution in [0.5, 0.6) is 5.88 Å². The first kappa shape index (κ1) is 16.4. The van der Waals surface area contributed by atoms with E-state index in [-0.39, 0.29) is 23.2 Å². The van der Waals surface area contributed by atoms with Crippen molar-refractivity contribution in [3.05, 3.63) is 47.5 Å². The molecule has 1 aliphatic carbocycles. The molecular formula is C19H20F2N2O2. The zero-order chi connectivity index (χ0) is 17.8. The van der Waals surface area contributed by atoms with E-state index in [1.165, 1.54) is 44.2 Å². The summed E-state index contributed by atoms with van der Waals surface area (Å²) < 4.78 is 34.1. The minimum absolute atomic E-state index is 0.0542. The van der Waals surface area contributed by atoms with Gasteiger partial charge in [-0.15, -0.1) is 0 Å². The van der Waals surface area contributed by atoms with Crippen molar-refractivity contribution in [2.24, 2.45) is 11.8 Å². The van der Waals surface area contributed by atoms with Crippen LogP contribution in [0.2, 0.25) is 0 Å². The number of pyridine rings is 1. The van der Waals surface area contributed by atoms with Crippen LogP contribution in [-0.4, -0.2) is 29.3 Å². The van der Waals surface area contributed by atoms with Gasteiger partial charge in [-0.2, -0.15) is 0 Å². The first-order chi connectivity index (χ1) is 11.8. The number of rotatable bonds is 4. The standard InChI is InChI=1S/C19H20F2N2O2/c1-19(2,24)14-7-15(25-18-12-8-22-9-13(12)18)23-17(16(14)21)10-3-5-11(20)6-4-10/h3-7,12-13,18,22,24H,8-9H2,1-2H3/t12-,13+,18?. The zero-order valence-electron chi connectivity index (χ0n) is 14.1. The average molecular weight is 346 g/mol. The summed E-state index contributed by atoms with van der Waals surface area (Å²) in [6, 6.07) is 6.90. The van der Waals surface area contributed by atoms with Crippen LogP contribution in [-0.2, 0) is 5.60 Å². The van der Waals surface area contributed by atoms with E-state index < -0.39 is 17.2 Å². The third-order valence-corrected chi connectivity index (χ3v) is 4.98. The summed E-state index contributed by atoms with van der Waals surface area (Å²) in [5.41, 5.74) is -0.784. The number of fused-ring (bicyclic) bond motifs is 1. The maximum atomic E-state index is 14.9. The summed E-state index contributed by atoms with van der Waals surface area (Å²) in [5, 5.41) is 13.6. The van der Waals surface area contributed by atoms with Crippen LogP contribution in [0.15, 0.2) is 30.3 Å². The topological polar surface area (TPSA) is 54.4 Å². The quantitative estimate of drug-likeness (QED) is 0.894.